The molecular weight excluding hydrogens is 216 g/mol. The Hall–Kier alpha value is -1.43. The lowest BCUT2D eigenvalue weighted by atomic mass is 10.2. The number of hydrogen-bond acceptors (Lipinski definition) is 6. The van der Waals surface area contributed by atoms with E-state index in [-0.39, 0.29) is 25.2 Å². The highest BCUT2D eigenvalue weighted by Gasteiger charge is 2.13. The number of ether oxygens (including phenoxy) is 3. The normalized spacial score (nSPS) is 11.7. The van der Waals surface area contributed by atoms with Crippen molar-refractivity contribution in [1.29, 1.82) is 0 Å². The third-order valence-corrected chi connectivity index (χ3v) is 1.54. The monoisotopic (exact) mass is 232 g/mol. The summed E-state index contributed by atoms with van der Waals surface area (Å²) in [6.07, 6.45) is -0.921. The van der Waals surface area contributed by atoms with Crippen molar-refractivity contribution in [3.8, 4) is 0 Å². The standard InChI is InChI=1S/C10H16O6/c1-7(11)15-8(2)16-10(13)5-4-9(12)6-14-3/h8H,4-6H2,1-3H3. The molecule has 0 saturated heterocycles. The van der Waals surface area contributed by atoms with Crippen LogP contribution >= 0.6 is 0 Å². The molecule has 0 aromatic rings. The molecule has 0 aliphatic heterocycles. The van der Waals surface area contributed by atoms with Gasteiger partial charge in [0.25, 0.3) is 0 Å². The van der Waals surface area contributed by atoms with Gasteiger partial charge in [0.15, 0.2) is 5.78 Å². The van der Waals surface area contributed by atoms with Gasteiger partial charge < -0.3 is 14.2 Å². The summed E-state index contributed by atoms with van der Waals surface area (Å²) in [5.41, 5.74) is 0. The van der Waals surface area contributed by atoms with Crippen LogP contribution in [-0.2, 0) is 28.6 Å². The Labute approximate surface area is 93.8 Å². The summed E-state index contributed by atoms with van der Waals surface area (Å²) in [4.78, 5) is 32.6. The first-order chi connectivity index (χ1) is 7.45. The summed E-state index contributed by atoms with van der Waals surface area (Å²) in [5.74, 6) is -1.30. The summed E-state index contributed by atoms with van der Waals surface area (Å²) in [6.45, 7) is 2.62. The average molecular weight is 232 g/mol. The van der Waals surface area contributed by atoms with Gasteiger partial charge >= 0.3 is 11.9 Å². The van der Waals surface area contributed by atoms with Crippen LogP contribution < -0.4 is 0 Å². The van der Waals surface area contributed by atoms with Crippen molar-refractivity contribution < 1.29 is 28.6 Å². The van der Waals surface area contributed by atoms with E-state index < -0.39 is 18.2 Å². The fourth-order valence-electron chi connectivity index (χ4n) is 0.976. The predicted octanol–water partition coefficient (Wildman–Crippen LogP) is 0.434. The van der Waals surface area contributed by atoms with Gasteiger partial charge in [0, 0.05) is 27.4 Å². The summed E-state index contributed by atoms with van der Waals surface area (Å²) in [5, 5.41) is 0. The third kappa shape index (κ3) is 7.93. The van der Waals surface area contributed by atoms with E-state index in [9.17, 15) is 14.4 Å². The predicted molar refractivity (Wildman–Crippen MR) is 53.4 cm³/mol. The second kappa shape index (κ2) is 7.81. The fraction of sp³-hybridized carbons (Fsp3) is 0.700. The zero-order valence-corrected chi connectivity index (χ0v) is 9.65. The second-order valence-electron chi connectivity index (χ2n) is 3.14. The lowest BCUT2D eigenvalue weighted by molar-refractivity contribution is -0.183. The molecule has 0 amide bonds. The zero-order valence-electron chi connectivity index (χ0n) is 9.65. The van der Waals surface area contributed by atoms with Crippen molar-refractivity contribution in [1.82, 2.24) is 0 Å². The van der Waals surface area contributed by atoms with E-state index in [1.807, 2.05) is 0 Å². The lowest BCUT2D eigenvalue weighted by Crippen LogP contribution is -2.21. The van der Waals surface area contributed by atoms with Gasteiger partial charge in [-0.15, -0.1) is 0 Å². The second-order valence-corrected chi connectivity index (χ2v) is 3.14. The molecule has 0 spiro atoms. The lowest BCUT2D eigenvalue weighted by Gasteiger charge is -2.12. The maximum Gasteiger partial charge on any atom is 0.309 e. The summed E-state index contributed by atoms with van der Waals surface area (Å²) >= 11 is 0. The number of ketones is 1. The van der Waals surface area contributed by atoms with Crippen LogP contribution in [0.1, 0.15) is 26.7 Å². The molecule has 0 heterocycles. The van der Waals surface area contributed by atoms with Crippen molar-refractivity contribution in [3.05, 3.63) is 0 Å². The Morgan fingerprint density at radius 3 is 2.25 bits per heavy atom. The number of rotatable bonds is 7. The van der Waals surface area contributed by atoms with E-state index in [1.54, 1.807) is 0 Å². The third-order valence-electron chi connectivity index (χ3n) is 1.54. The molecule has 6 heteroatoms. The number of methoxy groups -OCH3 is 1. The SMILES string of the molecule is COCC(=O)CCC(=O)OC(C)OC(C)=O. The molecule has 16 heavy (non-hydrogen) atoms. The smallest absolute Gasteiger partial charge is 0.309 e. The van der Waals surface area contributed by atoms with Crippen LogP contribution in [0, 0.1) is 0 Å². The quantitative estimate of drug-likeness (QED) is 0.468. The minimum atomic E-state index is -0.928. The van der Waals surface area contributed by atoms with Crippen LogP contribution in [0.5, 0.6) is 0 Å². The minimum absolute atomic E-state index is 0.0211. The van der Waals surface area contributed by atoms with E-state index in [0.29, 0.717) is 0 Å². The number of esters is 2. The molecule has 0 aliphatic rings. The van der Waals surface area contributed by atoms with Gasteiger partial charge in [0.05, 0.1) is 6.42 Å². The van der Waals surface area contributed by atoms with Crippen molar-refractivity contribution in [2.24, 2.45) is 0 Å². The molecule has 0 rings (SSSR count). The molecule has 0 aromatic carbocycles. The maximum atomic E-state index is 11.1. The average Bonchev–Trinajstić information content (AvgIpc) is 2.13. The molecule has 0 fully saturated rings. The Morgan fingerprint density at radius 2 is 1.75 bits per heavy atom. The van der Waals surface area contributed by atoms with Crippen LogP contribution in [0.3, 0.4) is 0 Å². The van der Waals surface area contributed by atoms with E-state index in [4.69, 9.17) is 4.74 Å². The number of Topliss-reactive ketones (excluding diaryl/α,β-unsaturated/α-hetero) is 1. The first-order valence-corrected chi connectivity index (χ1v) is 4.83. The molecule has 0 bridgehead atoms. The molecule has 1 unspecified atom stereocenters. The molecular formula is C10H16O6. The molecule has 0 saturated carbocycles. The van der Waals surface area contributed by atoms with Crippen molar-refractivity contribution in [2.75, 3.05) is 13.7 Å². The zero-order chi connectivity index (χ0) is 12.6. The van der Waals surface area contributed by atoms with Crippen LogP contribution in [0.4, 0.5) is 0 Å². The fourth-order valence-corrected chi connectivity index (χ4v) is 0.976. The van der Waals surface area contributed by atoms with Gasteiger partial charge in [-0.2, -0.15) is 0 Å². The van der Waals surface area contributed by atoms with Crippen molar-refractivity contribution >= 4 is 17.7 Å². The van der Waals surface area contributed by atoms with Gasteiger partial charge in [-0.3, -0.25) is 14.4 Å². The van der Waals surface area contributed by atoms with Gasteiger partial charge in [0.2, 0.25) is 6.29 Å². The molecule has 6 nitrogen and oxygen atoms in total. The van der Waals surface area contributed by atoms with E-state index >= 15 is 0 Å². The van der Waals surface area contributed by atoms with Crippen LogP contribution in [0.25, 0.3) is 0 Å². The summed E-state index contributed by atoms with van der Waals surface area (Å²) in [7, 11) is 1.40. The van der Waals surface area contributed by atoms with Gasteiger partial charge in [-0.05, 0) is 0 Å². The topological polar surface area (TPSA) is 78.9 Å². The molecule has 0 aromatic heterocycles. The Morgan fingerprint density at radius 1 is 1.12 bits per heavy atom. The van der Waals surface area contributed by atoms with Crippen LogP contribution in [0.2, 0.25) is 0 Å². The van der Waals surface area contributed by atoms with Gasteiger partial charge in [0.1, 0.15) is 6.61 Å². The van der Waals surface area contributed by atoms with Crippen molar-refractivity contribution in [3.63, 3.8) is 0 Å². The van der Waals surface area contributed by atoms with Gasteiger partial charge in [-0.1, -0.05) is 0 Å². The largest absolute Gasteiger partial charge is 0.426 e. The van der Waals surface area contributed by atoms with E-state index in [2.05, 4.69) is 9.47 Å². The van der Waals surface area contributed by atoms with Crippen molar-refractivity contribution in [2.45, 2.75) is 33.0 Å². The van der Waals surface area contributed by atoms with Gasteiger partial charge in [-0.25, -0.2) is 0 Å². The number of carbonyl (C=O) groups is 3. The Balaban J connectivity index is 3.73. The highest BCUT2D eigenvalue weighted by atomic mass is 16.7. The highest BCUT2D eigenvalue weighted by Crippen LogP contribution is 2.00. The molecule has 0 radical (unpaired) electrons. The number of hydrogen-bond donors (Lipinski definition) is 0. The first kappa shape index (κ1) is 14.6. The number of carbonyl (C=O) groups excluding carboxylic acids is 3. The molecule has 92 valence electrons. The molecule has 1 atom stereocenters. The van der Waals surface area contributed by atoms with E-state index in [1.165, 1.54) is 21.0 Å². The minimum Gasteiger partial charge on any atom is -0.426 e. The highest BCUT2D eigenvalue weighted by molar-refractivity contribution is 5.83. The van der Waals surface area contributed by atoms with Crippen LogP contribution in [-0.4, -0.2) is 37.7 Å². The Bertz CT molecular complexity index is 260. The summed E-state index contributed by atoms with van der Waals surface area (Å²) in [6, 6.07) is 0. The summed E-state index contributed by atoms with van der Waals surface area (Å²) < 4.78 is 13.9. The molecule has 0 aliphatic carbocycles. The maximum absolute atomic E-state index is 11.1. The first-order valence-electron chi connectivity index (χ1n) is 4.83. The van der Waals surface area contributed by atoms with E-state index in [0.717, 1.165) is 0 Å². The Kier molecular flexibility index (Phi) is 7.11. The van der Waals surface area contributed by atoms with Crippen LogP contribution in [0.15, 0.2) is 0 Å². The molecule has 0 N–H and O–H groups in total.